The number of nitrogens with zero attached hydrogens (tertiary/aromatic N) is 2. The zero-order valence-electron chi connectivity index (χ0n) is 18.8. The van der Waals surface area contributed by atoms with Crippen molar-refractivity contribution in [2.45, 2.75) is 20.0 Å². The van der Waals surface area contributed by atoms with Gasteiger partial charge in [-0.1, -0.05) is 12.1 Å². The first kappa shape index (κ1) is 26.2. The summed E-state index contributed by atoms with van der Waals surface area (Å²) in [5, 5.41) is 6.54. The maximum atomic E-state index is 13.0. The van der Waals surface area contributed by atoms with Crippen molar-refractivity contribution < 1.29 is 18.6 Å². The Kier molecular flexibility index (Phi) is 10.7. The van der Waals surface area contributed by atoms with Crippen molar-refractivity contribution >= 4 is 29.9 Å². The fourth-order valence-electron chi connectivity index (χ4n) is 2.88. The molecule has 0 unspecified atom stereocenters. The minimum Gasteiger partial charge on any atom is -0.493 e. The lowest BCUT2D eigenvalue weighted by molar-refractivity contribution is 0.354. The molecule has 7 nitrogen and oxygen atoms in total. The third-order valence-corrected chi connectivity index (χ3v) is 4.51. The van der Waals surface area contributed by atoms with E-state index in [9.17, 15) is 4.39 Å². The summed E-state index contributed by atoms with van der Waals surface area (Å²) in [6.45, 7) is 3.77. The largest absolute Gasteiger partial charge is 0.493 e. The van der Waals surface area contributed by atoms with E-state index in [2.05, 4.69) is 20.6 Å². The molecule has 1 aromatic heterocycles. The van der Waals surface area contributed by atoms with Gasteiger partial charge in [-0.05, 0) is 54.4 Å². The Morgan fingerprint density at radius 1 is 0.939 bits per heavy atom. The average molecular weight is 566 g/mol. The van der Waals surface area contributed by atoms with Gasteiger partial charge in [0, 0.05) is 25.4 Å². The van der Waals surface area contributed by atoms with Crippen LogP contribution in [0.2, 0.25) is 0 Å². The minimum absolute atomic E-state index is 0. The predicted octanol–water partition coefficient (Wildman–Crippen LogP) is 4.90. The lowest BCUT2D eigenvalue weighted by atomic mass is 10.2. The van der Waals surface area contributed by atoms with Crippen LogP contribution in [0.4, 0.5) is 4.39 Å². The normalized spacial score (nSPS) is 10.7. The van der Waals surface area contributed by atoms with Crippen LogP contribution in [-0.4, -0.2) is 31.7 Å². The second-order valence-corrected chi connectivity index (χ2v) is 6.80. The van der Waals surface area contributed by atoms with E-state index in [1.54, 1.807) is 38.6 Å². The summed E-state index contributed by atoms with van der Waals surface area (Å²) in [6.07, 6.45) is 1.71. The van der Waals surface area contributed by atoms with E-state index in [1.165, 1.54) is 12.1 Å². The summed E-state index contributed by atoms with van der Waals surface area (Å²) >= 11 is 0. The van der Waals surface area contributed by atoms with Gasteiger partial charge in [-0.25, -0.2) is 14.4 Å². The Balaban J connectivity index is 0.00000385. The van der Waals surface area contributed by atoms with E-state index in [-0.39, 0.29) is 29.8 Å². The summed E-state index contributed by atoms with van der Waals surface area (Å²) in [6, 6.07) is 15.2. The van der Waals surface area contributed by atoms with Crippen LogP contribution in [0.1, 0.15) is 18.1 Å². The number of pyridine rings is 1. The van der Waals surface area contributed by atoms with Crippen LogP contribution in [0.3, 0.4) is 0 Å². The van der Waals surface area contributed by atoms with Crippen LogP contribution in [-0.2, 0) is 13.1 Å². The molecule has 0 aliphatic carbocycles. The van der Waals surface area contributed by atoms with Crippen LogP contribution in [0.25, 0.3) is 0 Å². The smallest absolute Gasteiger partial charge is 0.219 e. The highest BCUT2D eigenvalue weighted by molar-refractivity contribution is 14.0. The fraction of sp³-hybridized carbons (Fsp3) is 0.250. The van der Waals surface area contributed by atoms with Gasteiger partial charge >= 0.3 is 0 Å². The van der Waals surface area contributed by atoms with E-state index in [0.717, 1.165) is 17.7 Å². The van der Waals surface area contributed by atoms with Gasteiger partial charge in [-0.3, -0.25) is 0 Å². The van der Waals surface area contributed by atoms with Crippen LogP contribution in [0.15, 0.2) is 65.8 Å². The highest BCUT2D eigenvalue weighted by atomic mass is 127. The van der Waals surface area contributed by atoms with E-state index in [4.69, 9.17) is 14.2 Å². The van der Waals surface area contributed by atoms with Gasteiger partial charge in [-0.2, -0.15) is 0 Å². The molecule has 0 saturated heterocycles. The maximum absolute atomic E-state index is 13.0. The molecule has 33 heavy (non-hydrogen) atoms. The highest BCUT2D eigenvalue weighted by Crippen LogP contribution is 2.27. The van der Waals surface area contributed by atoms with Crippen LogP contribution >= 0.6 is 24.0 Å². The van der Waals surface area contributed by atoms with Crippen molar-refractivity contribution in [3.05, 3.63) is 77.7 Å². The number of ether oxygens (including phenoxy) is 3. The number of hydrogen-bond acceptors (Lipinski definition) is 5. The van der Waals surface area contributed by atoms with E-state index in [1.807, 2.05) is 31.2 Å². The molecule has 0 fully saturated rings. The molecule has 0 bridgehead atoms. The lowest BCUT2D eigenvalue weighted by Gasteiger charge is -2.13. The number of benzene rings is 2. The molecule has 0 saturated carbocycles. The first-order valence-electron chi connectivity index (χ1n) is 10.2. The Hall–Kier alpha value is -3.08. The summed E-state index contributed by atoms with van der Waals surface area (Å²) in [5.74, 6) is 2.71. The molecule has 0 aliphatic heterocycles. The van der Waals surface area contributed by atoms with Crippen LogP contribution < -0.4 is 24.8 Å². The number of aromatic nitrogens is 1. The molecule has 2 N–H and O–H groups in total. The van der Waals surface area contributed by atoms with E-state index in [0.29, 0.717) is 42.2 Å². The fourth-order valence-corrected chi connectivity index (χ4v) is 2.88. The van der Waals surface area contributed by atoms with Gasteiger partial charge in [-0.15, -0.1) is 24.0 Å². The van der Waals surface area contributed by atoms with Gasteiger partial charge < -0.3 is 24.8 Å². The number of halogens is 2. The molecule has 2 aromatic carbocycles. The zero-order valence-corrected chi connectivity index (χ0v) is 21.1. The van der Waals surface area contributed by atoms with Gasteiger partial charge in [0.25, 0.3) is 0 Å². The Bertz CT molecular complexity index is 1030. The molecular weight excluding hydrogens is 538 g/mol. The van der Waals surface area contributed by atoms with Crippen molar-refractivity contribution in [1.29, 1.82) is 0 Å². The van der Waals surface area contributed by atoms with E-state index < -0.39 is 0 Å². The third-order valence-electron chi connectivity index (χ3n) is 4.51. The number of rotatable bonds is 9. The number of methoxy groups -OCH3 is 2. The van der Waals surface area contributed by atoms with Crippen molar-refractivity contribution in [2.24, 2.45) is 4.99 Å². The van der Waals surface area contributed by atoms with E-state index >= 15 is 0 Å². The van der Waals surface area contributed by atoms with Crippen molar-refractivity contribution in [2.75, 3.05) is 20.8 Å². The van der Waals surface area contributed by atoms with Gasteiger partial charge in [0.2, 0.25) is 5.88 Å². The summed E-state index contributed by atoms with van der Waals surface area (Å²) in [4.78, 5) is 8.91. The zero-order chi connectivity index (χ0) is 22.8. The molecule has 1 heterocycles. The molecular formula is C24H28FIN4O3. The highest BCUT2D eigenvalue weighted by Gasteiger charge is 2.06. The Labute approximate surface area is 210 Å². The molecule has 0 spiro atoms. The molecule has 176 valence electrons. The Morgan fingerprint density at radius 2 is 1.67 bits per heavy atom. The molecule has 3 rings (SSSR count). The standard InChI is InChI=1S/C24H27FN4O3.HI/c1-4-26-24(28-14-17-5-11-21(30-2)22(13-17)31-3)29-16-18-6-12-23(27-15-18)32-20-9-7-19(25)8-10-20;/h5-13,15H,4,14,16H2,1-3H3,(H2,26,28,29);1H. The second kappa shape index (κ2) is 13.5. The maximum Gasteiger partial charge on any atom is 0.219 e. The first-order valence-corrected chi connectivity index (χ1v) is 10.2. The lowest BCUT2D eigenvalue weighted by Crippen LogP contribution is -2.36. The summed E-state index contributed by atoms with van der Waals surface area (Å²) in [5.41, 5.74) is 1.97. The van der Waals surface area contributed by atoms with Crippen molar-refractivity contribution in [1.82, 2.24) is 15.6 Å². The molecule has 0 aliphatic rings. The van der Waals surface area contributed by atoms with Crippen molar-refractivity contribution in [3.63, 3.8) is 0 Å². The van der Waals surface area contributed by atoms with Gasteiger partial charge in [0.1, 0.15) is 11.6 Å². The molecule has 9 heteroatoms. The number of nitrogens with one attached hydrogen (secondary N) is 2. The van der Waals surface area contributed by atoms with Crippen molar-refractivity contribution in [3.8, 4) is 23.1 Å². The monoisotopic (exact) mass is 566 g/mol. The van der Waals surface area contributed by atoms with Crippen LogP contribution in [0, 0.1) is 5.82 Å². The van der Waals surface area contributed by atoms with Crippen LogP contribution in [0.5, 0.6) is 23.1 Å². The third kappa shape index (κ3) is 8.08. The first-order chi connectivity index (χ1) is 15.6. The number of guanidine groups is 1. The average Bonchev–Trinajstić information content (AvgIpc) is 2.83. The Morgan fingerprint density at radius 3 is 2.30 bits per heavy atom. The van der Waals surface area contributed by atoms with Gasteiger partial charge in [0.05, 0.1) is 20.8 Å². The SMILES string of the molecule is CCNC(=NCc1ccc(Oc2ccc(F)cc2)nc1)NCc1ccc(OC)c(OC)c1.I. The number of aliphatic imine (C=N–C) groups is 1. The summed E-state index contributed by atoms with van der Waals surface area (Å²) < 4.78 is 29.2. The minimum atomic E-state index is -0.310. The topological polar surface area (TPSA) is 77.0 Å². The molecule has 3 aromatic rings. The van der Waals surface area contributed by atoms with Gasteiger partial charge in [0.15, 0.2) is 17.5 Å². The second-order valence-electron chi connectivity index (χ2n) is 6.80. The number of hydrogen-bond donors (Lipinski definition) is 2. The predicted molar refractivity (Wildman–Crippen MR) is 137 cm³/mol. The summed E-state index contributed by atoms with van der Waals surface area (Å²) in [7, 11) is 3.23. The molecule has 0 atom stereocenters. The molecule has 0 amide bonds. The quantitative estimate of drug-likeness (QED) is 0.218. The molecule has 0 radical (unpaired) electrons.